The van der Waals surface area contributed by atoms with Crippen LogP contribution in [0, 0.1) is 5.82 Å². The number of hydrogen-bond acceptors (Lipinski definition) is 3. The topological polar surface area (TPSA) is 58.6 Å². The molecule has 1 saturated carbocycles. The Morgan fingerprint density at radius 3 is 2.94 bits per heavy atom. The second-order valence-corrected chi connectivity index (χ2v) is 4.43. The van der Waals surface area contributed by atoms with Gasteiger partial charge in [0.2, 0.25) is 0 Å². The van der Waals surface area contributed by atoms with Crippen molar-refractivity contribution in [2.75, 3.05) is 0 Å². The van der Waals surface area contributed by atoms with E-state index in [9.17, 15) is 9.18 Å². The van der Waals surface area contributed by atoms with Gasteiger partial charge in [-0.05, 0) is 25.8 Å². The summed E-state index contributed by atoms with van der Waals surface area (Å²) in [6, 6.07) is 4.52. The molecular formula is C13H16FNO3. The van der Waals surface area contributed by atoms with E-state index in [1.807, 2.05) is 0 Å². The van der Waals surface area contributed by atoms with Gasteiger partial charge in [0.1, 0.15) is 0 Å². The van der Waals surface area contributed by atoms with Crippen LogP contribution in [0.3, 0.4) is 0 Å². The van der Waals surface area contributed by atoms with E-state index in [1.165, 1.54) is 12.1 Å². The zero-order valence-electron chi connectivity index (χ0n) is 10.1. The van der Waals surface area contributed by atoms with E-state index in [0.29, 0.717) is 5.56 Å². The van der Waals surface area contributed by atoms with Crippen LogP contribution in [-0.2, 0) is 11.4 Å². The fraction of sp³-hybridized carbons (Fsp3) is 0.462. The molecule has 98 valence electrons. The average molecular weight is 253 g/mol. The van der Waals surface area contributed by atoms with Crippen molar-refractivity contribution in [1.82, 2.24) is 5.32 Å². The van der Waals surface area contributed by atoms with E-state index >= 15 is 0 Å². The molecule has 1 unspecified atom stereocenters. The average Bonchev–Trinajstić information content (AvgIpc) is 3.15. The highest BCUT2D eigenvalue weighted by molar-refractivity contribution is 5.81. The minimum absolute atomic E-state index is 0.0570. The summed E-state index contributed by atoms with van der Waals surface area (Å²) in [6.45, 7) is 1.23. The molecule has 1 aromatic carbocycles. The lowest BCUT2D eigenvalue weighted by Crippen LogP contribution is -2.37. The molecule has 0 aromatic heterocycles. The second-order valence-electron chi connectivity index (χ2n) is 4.43. The number of hydrogen-bond donors (Lipinski definition) is 2. The van der Waals surface area contributed by atoms with Crippen LogP contribution in [-0.4, -0.2) is 23.2 Å². The maximum atomic E-state index is 13.6. The zero-order valence-corrected chi connectivity index (χ0v) is 10.1. The molecule has 1 amide bonds. The number of amides is 1. The molecule has 2 rings (SSSR count). The molecule has 0 saturated heterocycles. The molecule has 0 heterocycles. The zero-order chi connectivity index (χ0) is 13.1. The Bertz CT molecular complexity index is 446. The lowest BCUT2D eigenvalue weighted by molar-refractivity contribution is -0.127. The Morgan fingerprint density at radius 2 is 2.33 bits per heavy atom. The third-order valence-electron chi connectivity index (χ3n) is 2.81. The maximum absolute atomic E-state index is 13.6. The molecule has 0 aliphatic heterocycles. The standard InChI is InChI=1S/C13H16FNO3/c1-8(13(17)15-10-5-6-10)18-12-9(7-16)3-2-4-11(12)14/h2-4,8,10,16H,5-7H2,1H3,(H,15,17). The molecule has 0 bridgehead atoms. The van der Waals surface area contributed by atoms with Crippen molar-refractivity contribution in [3.05, 3.63) is 29.6 Å². The number of nitrogens with one attached hydrogen (secondary N) is 1. The van der Waals surface area contributed by atoms with E-state index in [-0.39, 0.29) is 24.3 Å². The number of benzene rings is 1. The lowest BCUT2D eigenvalue weighted by Gasteiger charge is -2.17. The summed E-state index contributed by atoms with van der Waals surface area (Å²) in [5.74, 6) is -0.893. The van der Waals surface area contributed by atoms with Gasteiger partial charge in [0.05, 0.1) is 6.61 Å². The third kappa shape index (κ3) is 2.98. The highest BCUT2D eigenvalue weighted by Gasteiger charge is 2.27. The highest BCUT2D eigenvalue weighted by atomic mass is 19.1. The van der Waals surface area contributed by atoms with Crippen LogP contribution in [0.25, 0.3) is 0 Å². The van der Waals surface area contributed by atoms with Crippen molar-refractivity contribution < 1.29 is 19.0 Å². The molecular weight excluding hydrogens is 237 g/mol. The van der Waals surface area contributed by atoms with Gasteiger partial charge in [-0.15, -0.1) is 0 Å². The van der Waals surface area contributed by atoms with E-state index in [2.05, 4.69) is 5.32 Å². The van der Waals surface area contributed by atoms with Gasteiger partial charge in [0.25, 0.3) is 5.91 Å². The molecule has 1 aliphatic rings. The molecule has 2 N–H and O–H groups in total. The van der Waals surface area contributed by atoms with Crippen LogP contribution in [0.1, 0.15) is 25.3 Å². The number of carbonyl (C=O) groups is 1. The van der Waals surface area contributed by atoms with E-state index < -0.39 is 11.9 Å². The smallest absolute Gasteiger partial charge is 0.260 e. The fourth-order valence-electron chi connectivity index (χ4n) is 1.59. The number of halogens is 1. The minimum atomic E-state index is -0.784. The van der Waals surface area contributed by atoms with Crippen molar-refractivity contribution in [1.29, 1.82) is 0 Å². The predicted molar refractivity (Wildman–Crippen MR) is 63.6 cm³/mol. The number of rotatable bonds is 5. The van der Waals surface area contributed by atoms with E-state index in [0.717, 1.165) is 12.8 Å². The number of ether oxygens (including phenoxy) is 1. The quantitative estimate of drug-likeness (QED) is 0.833. The van der Waals surface area contributed by atoms with Crippen LogP contribution in [0.15, 0.2) is 18.2 Å². The normalized spacial score (nSPS) is 16.2. The predicted octanol–water partition coefficient (Wildman–Crippen LogP) is 1.36. The van der Waals surface area contributed by atoms with Crippen LogP contribution >= 0.6 is 0 Å². The third-order valence-corrected chi connectivity index (χ3v) is 2.81. The van der Waals surface area contributed by atoms with E-state index in [4.69, 9.17) is 9.84 Å². The summed E-state index contributed by atoms with van der Waals surface area (Å²) >= 11 is 0. The van der Waals surface area contributed by atoms with Crippen molar-refractivity contribution in [3.63, 3.8) is 0 Å². The van der Waals surface area contributed by atoms with Crippen LogP contribution in [0.2, 0.25) is 0 Å². The van der Waals surface area contributed by atoms with Gasteiger partial charge in [-0.25, -0.2) is 4.39 Å². The van der Waals surface area contributed by atoms with Gasteiger partial charge in [-0.2, -0.15) is 0 Å². The second kappa shape index (κ2) is 5.35. The van der Waals surface area contributed by atoms with Crippen molar-refractivity contribution in [2.24, 2.45) is 0 Å². The molecule has 1 aromatic rings. The first-order chi connectivity index (χ1) is 8.61. The molecule has 0 radical (unpaired) electrons. The summed E-state index contributed by atoms with van der Waals surface area (Å²) in [4.78, 5) is 11.7. The Balaban J connectivity index is 2.05. The van der Waals surface area contributed by atoms with Crippen molar-refractivity contribution in [3.8, 4) is 5.75 Å². The number of para-hydroxylation sites is 1. The molecule has 1 atom stereocenters. The van der Waals surface area contributed by atoms with Gasteiger partial charge >= 0.3 is 0 Å². The Morgan fingerprint density at radius 1 is 1.61 bits per heavy atom. The van der Waals surface area contributed by atoms with E-state index in [1.54, 1.807) is 13.0 Å². The van der Waals surface area contributed by atoms with Crippen molar-refractivity contribution >= 4 is 5.91 Å². The first-order valence-corrected chi connectivity index (χ1v) is 5.97. The molecule has 5 heteroatoms. The Hall–Kier alpha value is -1.62. The number of carbonyl (C=O) groups excluding carboxylic acids is 1. The minimum Gasteiger partial charge on any atom is -0.477 e. The summed E-state index contributed by atoms with van der Waals surface area (Å²) in [7, 11) is 0. The lowest BCUT2D eigenvalue weighted by atomic mass is 10.2. The summed E-state index contributed by atoms with van der Waals surface area (Å²) < 4.78 is 18.9. The maximum Gasteiger partial charge on any atom is 0.260 e. The molecule has 1 aliphatic carbocycles. The molecule has 1 fully saturated rings. The SMILES string of the molecule is CC(Oc1c(F)cccc1CO)C(=O)NC1CC1. The molecule has 4 nitrogen and oxygen atoms in total. The van der Waals surface area contributed by atoms with Crippen LogP contribution in [0.5, 0.6) is 5.75 Å². The first kappa shape index (κ1) is 12.8. The molecule has 18 heavy (non-hydrogen) atoms. The monoisotopic (exact) mass is 253 g/mol. The van der Waals surface area contributed by atoms with Gasteiger partial charge in [-0.1, -0.05) is 12.1 Å². The largest absolute Gasteiger partial charge is 0.477 e. The first-order valence-electron chi connectivity index (χ1n) is 5.97. The van der Waals surface area contributed by atoms with Crippen molar-refractivity contribution in [2.45, 2.75) is 38.5 Å². The number of aliphatic hydroxyl groups is 1. The summed E-state index contributed by atoms with van der Waals surface area (Å²) in [5.41, 5.74) is 0.334. The number of aliphatic hydroxyl groups excluding tert-OH is 1. The van der Waals surface area contributed by atoms with Gasteiger partial charge < -0.3 is 15.2 Å². The molecule has 0 spiro atoms. The van der Waals surface area contributed by atoms with Crippen LogP contribution in [0.4, 0.5) is 4.39 Å². The van der Waals surface area contributed by atoms with Gasteiger partial charge in [0.15, 0.2) is 17.7 Å². The summed E-state index contributed by atoms with van der Waals surface area (Å²) in [5, 5.41) is 11.9. The summed E-state index contributed by atoms with van der Waals surface area (Å²) in [6.07, 6.45) is 1.19. The highest BCUT2D eigenvalue weighted by Crippen LogP contribution is 2.24. The van der Waals surface area contributed by atoms with Gasteiger partial charge in [-0.3, -0.25) is 4.79 Å². The van der Waals surface area contributed by atoms with Crippen LogP contribution < -0.4 is 10.1 Å². The van der Waals surface area contributed by atoms with Gasteiger partial charge in [0, 0.05) is 11.6 Å². The fourth-order valence-corrected chi connectivity index (χ4v) is 1.59. The Labute approximate surface area is 105 Å². The Kier molecular flexibility index (Phi) is 3.81.